The fourth-order valence-corrected chi connectivity index (χ4v) is 2.09. The quantitative estimate of drug-likeness (QED) is 0.717. The molecule has 0 amide bonds. The summed E-state index contributed by atoms with van der Waals surface area (Å²) in [6, 6.07) is 8.41. The Hall–Kier alpha value is -1.24. The Balaban J connectivity index is 2.56. The summed E-state index contributed by atoms with van der Waals surface area (Å²) in [5.74, 6) is 0.863. The number of ether oxygens (including phenoxy) is 1. The molecule has 0 fully saturated rings. The van der Waals surface area contributed by atoms with Gasteiger partial charge in [-0.05, 0) is 44.9 Å². The Bertz CT molecular complexity index is 492. The zero-order valence-electron chi connectivity index (χ0n) is 13.4. The molecule has 0 heterocycles. The molecule has 0 saturated heterocycles. The second-order valence-electron chi connectivity index (χ2n) is 6.24. The minimum atomic E-state index is -0.286. The van der Waals surface area contributed by atoms with Crippen LogP contribution in [0.4, 0.5) is 0 Å². The van der Waals surface area contributed by atoms with Crippen LogP contribution in [0.25, 0.3) is 0 Å². The summed E-state index contributed by atoms with van der Waals surface area (Å²) < 4.78 is 5.86. The number of rotatable bonds is 8. The minimum absolute atomic E-state index is 0.286. The zero-order chi connectivity index (χ0) is 15.9. The van der Waals surface area contributed by atoms with Gasteiger partial charge >= 0.3 is 0 Å². The molecule has 0 spiro atoms. The molecular weight excluding hydrogens is 284 g/mol. The van der Waals surface area contributed by atoms with Crippen LogP contribution in [0, 0.1) is 16.7 Å². The lowest BCUT2D eigenvalue weighted by molar-refractivity contribution is 0.281. The van der Waals surface area contributed by atoms with E-state index in [0.29, 0.717) is 17.7 Å². The van der Waals surface area contributed by atoms with Gasteiger partial charge in [0.25, 0.3) is 0 Å². The van der Waals surface area contributed by atoms with E-state index >= 15 is 0 Å². The van der Waals surface area contributed by atoms with Gasteiger partial charge in [0.2, 0.25) is 0 Å². The maximum atomic E-state index is 8.99. The van der Waals surface area contributed by atoms with Crippen LogP contribution in [0.1, 0.15) is 46.1 Å². The number of nitrogens with zero attached hydrogens (tertiary/aromatic N) is 1. The third-order valence-corrected chi connectivity index (χ3v) is 3.46. The van der Waals surface area contributed by atoms with Crippen LogP contribution < -0.4 is 10.1 Å². The van der Waals surface area contributed by atoms with Gasteiger partial charge < -0.3 is 10.1 Å². The van der Waals surface area contributed by atoms with Crippen molar-refractivity contribution in [2.45, 2.75) is 53.1 Å². The molecule has 1 N–H and O–H groups in total. The molecule has 0 aliphatic rings. The first-order chi connectivity index (χ1) is 9.84. The molecule has 21 heavy (non-hydrogen) atoms. The van der Waals surface area contributed by atoms with Crippen LogP contribution in [0.15, 0.2) is 18.2 Å². The van der Waals surface area contributed by atoms with Gasteiger partial charge in [-0.25, -0.2) is 0 Å². The number of nitriles is 1. The Morgan fingerprint density at radius 2 is 2.10 bits per heavy atom. The third kappa shape index (κ3) is 6.84. The maximum Gasteiger partial charge on any atom is 0.123 e. The van der Waals surface area contributed by atoms with E-state index in [2.05, 4.69) is 25.2 Å². The van der Waals surface area contributed by atoms with Crippen LogP contribution in [-0.2, 0) is 6.54 Å². The summed E-state index contributed by atoms with van der Waals surface area (Å²) >= 11 is 6.05. The van der Waals surface area contributed by atoms with Crippen LogP contribution in [0.2, 0.25) is 5.02 Å². The SMILES string of the molecule is CC(C)NCc1cc(Cl)ccc1OCCCC(C)(C)C#N. The van der Waals surface area contributed by atoms with Crippen molar-refractivity contribution in [1.82, 2.24) is 5.32 Å². The normalized spacial score (nSPS) is 11.5. The van der Waals surface area contributed by atoms with Gasteiger partial charge in [0.05, 0.1) is 18.1 Å². The summed E-state index contributed by atoms with van der Waals surface area (Å²) in [6.07, 6.45) is 1.69. The van der Waals surface area contributed by atoms with E-state index in [1.807, 2.05) is 32.0 Å². The van der Waals surface area contributed by atoms with E-state index in [9.17, 15) is 0 Å². The van der Waals surface area contributed by atoms with Gasteiger partial charge in [0, 0.05) is 23.2 Å². The molecule has 0 aliphatic heterocycles. The van der Waals surface area contributed by atoms with E-state index in [1.165, 1.54) is 0 Å². The molecule has 1 aromatic carbocycles. The number of hydrogen-bond donors (Lipinski definition) is 1. The third-order valence-electron chi connectivity index (χ3n) is 3.23. The average Bonchev–Trinajstić information content (AvgIpc) is 2.43. The molecule has 0 radical (unpaired) electrons. The topological polar surface area (TPSA) is 45.0 Å². The summed E-state index contributed by atoms with van der Waals surface area (Å²) in [7, 11) is 0. The summed E-state index contributed by atoms with van der Waals surface area (Å²) in [4.78, 5) is 0. The first-order valence-electron chi connectivity index (χ1n) is 7.40. The molecule has 4 heteroatoms. The van der Waals surface area contributed by atoms with Crippen molar-refractivity contribution in [2.75, 3.05) is 6.61 Å². The molecule has 3 nitrogen and oxygen atoms in total. The molecule has 0 aromatic heterocycles. The van der Waals surface area contributed by atoms with Crippen molar-refractivity contribution in [2.24, 2.45) is 5.41 Å². The van der Waals surface area contributed by atoms with Crippen molar-refractivity contribution >= 4 is 11.6 Å². The van der Waals surface area contributed by atoms with Gasteiger partial charge in [-0.15, -0.1) is 0 Å². The Morgan fingerprint density at radius 3 is 2.71 bits per heavy atom. The fourth-order valence-electron chi connectivity index (χ4n) is 1.89. The van der Waals surface area contributed by atoms with Crippen LogP contribution >= 0.6 is 11.6 Å². The Morgan fingerprint density at radius 1 is 1.38 bits per heavy atom. The minimum Gasteiger partial charge on any atom is -0.493 e. The molecular formula is C17H25ClN2O. The summed E-state index contributed by atoms with van der Waals surface area (Å²) in [6.45, 7) is 9.46. The molecule has 1 aromatic rings. The predicted molar refractivity (Wildman–Crippen MR) is 87.6 cm³/mol. The molecule has 0 bridgehead atoms. The molecule has 0 unspecified atom stereocenters. The summed E-state index contributed by atoms with van der Waals surface area (Å²) in [5.41, 5.74) is 0.779. The second-order valence-corrected chi connectivity index (χ2v) is 6.67. The first kappa shape index (κ1) is 17.8. The van der Waals surface area contributed by atoms with Crippen LogP contribution in [0.5, 0.6) is 5.75 Å². The van der Waals surface area contributed by atoms with Crippen molar-refractivity contribution < 1.29 is 4.74 Å². The van der Waals surface area contributed by atoms with E-state index in [-0.39, 0.29) is 5.41 Å². The van der Waals surface area contributed by atoms with Gasteiger partial charge in [0.1, 0.15) is 5.75 Å². The van der Waals surface area contributed by atoms with E-state index in [1.54, 1.807) is 0 Å². The molecule has 0 aliphatic carbocycles. The molecule has 116 valence electrons. The number of nitrogens with one attached hydrogen (secondary N) is 1. The molecule has 1 rings (SSSR count). The van der Waals surface area contributed by atoms with Gasteiger partial charge in [-0.1, -0.05) is 25.4 Å². The zero-order valence-corrected chi connectivity index (χ0v) is 14.1. The molecule has 0 saturated carbocycles. The fraction of sp³-hybridized carbons (Fsp3) is 0.588. The smallest absolute Gasteiger partial charge is 0.123 e. The highest BCUT2D eigenvalue weighted by Crippen LogP contribution is 2.25. The lowest BCUT2D eigenvalue weighted by Gasteiger charge is -2.17. The van der Waals surface area contributed by atoms with Crippen molar-refractivity contribution in [3.8, 4) is 11.8 Å². The number of benzene rings is 1. The van der Waals surface area contributed by atoms with Gasteiger partial charge in [-0.2, -0.15) is 5.26 Å². The Kier molecular flexibility index (Phi) is 7.01. The van der Waals surface area contributed by atoms with Crippen LogP contribution in [0.3, 0.4) is 0 Å². The van der Waals surface area contributed by atoms with Crippen molar-refractivity contribution in [3.05, 3.63) is 28.8 Å². The standard InChI is InChI=1S/C17H25ClN2O/c1-13(2)20-11-14-10-15(18)6-7-16(14)21-9-5-8-17(3,4)12-19/h6-7,10,13,20H,5,8-9,11H2,1-4H3. The first-order valence-corrected chi connectivity index (χ1v) is 7.78. The van der Waals surface area contributed by atoms with Crippen LogP contribution in [-0.4, -0.2) is 12.6 Å². The van der Waals surface area contributed by atoms with Gasteiger partial charge in [-0.3, -0.25) is 0 Å². The van der Waals surface area contributed by atoms with Crippen molar-refractivity contribution in [1.29, 1.82) is 5.26 Å². The van der Waals surface area contributed by atoms with E-state index in [0.717, 1.165) is 30.7 Å². The lowest BCUT2D eigenvalue weighted by Crippen LogP contribution is -2.22. The lowest BCUT2D eigenvalue weighted by atomic mass is 9.90. The maximum absolute atomic E-state index is 8.99. The number of hydrogen-bond acceptors (Lipinski definition) is 3. The Labute approximate surface area is 133 Å². The van der Waals surface area contributed by atoms with E-state index in [4.69, 9.17) is 21.6 Å². The van der Waals surface area contributed by atoms with E-state index < -0.39 is 0 Å². The largest absolute Gasteiger partial charge is 0.493 e. The predicted octanol–water partition coefficient (Wildman–Crippen LogP) is 4.55. The summed E-state index contributed by atoms with van der Waals surface area (Å²) in [5, 5.41) is 13.1. The average molecular weight is 309 g/mol. The monoisotopic (exact) mass is 308 g/mol. The highest BCUT2D eigenvalue weighted by atomic mass is 35.5. The number of halogens is 1. The van der Waals surface area contributed by atoms with Gasteiger partial charge in [0.15, 0.2) is 0 Å². The second kappa shape index (κ2) is 8.26. The highest BCUT2D eigenvalue weighted by molar-refractivity contribution is 6.30. The molecule has 0 atom stereocenters. The highest BCUT2D eigenvalue weighted by Gasteiger charge is 2.16. The van der Waals surface area contributed by atoms with Crippen molar-refractivity contribution in [3.63, 3.8) is 0 Å².